The Labute approximate surface area is 148 Å². The third kappa shape index (κ3) is 3.69. The van der Waals surface area contributed by atoms with Gasteiger partial charge in [0.15, 0.2) is 0 Å². The van der Waals surface area contributed by atoms with Gasteiger partial charge in [-0.25, -0.2) is 0 Å². The zero-order valence-corrected chi connectivity index (χ0v) is 15.1. The largest absolute Gasteiger partial charge is 0.490 e. The van der Waals surface area contributed by atoms with Crippen LogP contribution in [0.15, 0.2) is 36.7 Å². The molecule has 1 aromatic heterocycles. The van der Waals surface area contributed by atoms with Gasteiger partial charge in [-0.2, -0.15) is 5.10 Å². The van der Waals surface area contributed by atoms with Crippen LogP contribution in [0.25, 0.3) is 0 Å². The van der Waals surface area contributed by atoms with E-state index in [-0.39, 0.29) is 5.91 Å². The van der Waals surface area contributed by atoms with E-state index in [2.05, 4.69) is 5.10 Å². The van der Waals surface area contributed by atoms with E-state index in [0.29, 0.717) is 25.3 Å². The number of benzene rings is 1. The second-order valence-corrected chi connectivity index (χ2v) is 6.50. The number of amides is 1. The lowest BCUT2D eigenvalue weighted by Gasteiger charge is -2.28. The molecule has 0 radical (unpaired) electrons. The molecule has 1 aliphatic heterocycles. The molecule has 1 saturated heterocycles. The zero-order valence-electron chi connectivity index (χ0n) is 15.1. The fraction of sp³-hybridized carbons (Fsp3) is 0.474. The number of methoxy groups -OCH3 is 1. The molecule has 2 heterocycles. The molecule has 0 spiro atoms. The van der Waals surface area contributed by atoms with Crippen molar-refractivity contribution in [2.45, 2.75) is 32.4 Å². The third-order valence-corrected chi connectivity index (χ3v) is 4.83. The predicted octanol–water partition coefficient (Wildman–Crippen LogP) is 2.52. The van der Waals surface area contributed by atoms with Crippen molar-refractivity contribution in [1.29, 1.82) is 0 Å². The highest BCUT2D eigenvalue weighted by Crippen LogP contribution is 2.28. The van der Waals surface area contributed by atoms with Crippen LogP contribution < -0.4 is 4.74 Å². The molecule has 25 heavy (non-hydrogen) atoms. The van der Waals surface area contributed by atoms with Crippen LogP contribution in [0.2, 0.25) is 0 Å². The van der Waals surface area contributed by atoms with Crippen LogP contribution in [0.5, 0.6) is 5.75 Å². The summed E-state index contributed by atoms with van der Waals surface area (Å²) in [6.45, 7) is 6.36. The Morgan fingerprint density at radius 1 is 1.36 bits per heavy atom. The van der Waals surface area contributed by atoms with Crippen molar-refractivity contribution in [3.8, 4) is 5.75 Å². The van der Waals surface area contributed by atoms with Crippen molar-refractivity contribution in [3.05, 3.63) is 47.8 Å². The summed E-state index contributed by atoms with van der Waals surface area (Å²) in [5.41, 5.74) is 1.24. The van der Waals surface area contributed by atoms with E-state index in [0.717, 1.165) is 24.3 Å². The van der Waals surface area contributed by atoms with Gasteiger partial charge in [0.25, 0.3) is 5.91 Å². The number of likely N-dealkylation sites (tertiary alicyclic amines) is 1. The van der Waals surface area contributed by atoms with Crippen molar-refractivity contribution in [1.82, 2.24) is 14.7 Å². The van der Waals surface area contributed by atoms with Crippen LogP contribution in [0.3, 0.4) is 0 Å². The van der Waals surface area contributed by atoms with E-state index < -0.39 is 5.60 Å². The standard InChI is InChI=1S/C19H25N3O3/c1-4-22-12-16(11-20-22)18(23)21-10-9-19(13-21,24-3)14-25-17-8-6-5-7-15(17)2/h5-8,11-12H,4,9-10,13-14H2,1-3H3/t19-/m0/s1. The molecule has 1 amide bonds. The van der Waals surface area contributed by atoms with Crippen molar-refractivity contribution in [3.63, 3.8) is 0 Å². The van der Waals surface area contributed by atoms with Gasteiger partial charge >= 0.3 is 0 Å². The molecule has 0 N–H and O–H groups in total. The minimum absolute atomic E-state index is 0.00508. The molecular weight excluding hydrogens is 318 g/mol. The lowest BCUT2D eigenvalue weighted by Crippen LogP contribution is -2.42. The Balaban J connectivity index is 1.65. The highest BCUT2D eigenvalue weighted by Gasteiger charge is 2.41. The summed E-state index contributed by atoms with van der Waals surface area (Å²) >= 11 is 0. The first kappa shape index (κ1) is 17.5. The molecule has 0 unspecified atom stereocenters. The first-order chi connectivity index (χ1) is 12.1. The van der Waals surface area contributed by atoms with Gasteiger partial charge in [0, 0.05) is 26.4 Å². The third-order valence-electron chi connectivity index (χ3n) is 4.83. The topological polar surface area (TPSA) is 56.6 Å². The monoisotopic (exact) mass is 343 g/mol. The summed E-state index contributed by atoms with van der Waals surface area (Å²) in [5.74, 6) is 0.849. The average Bonchev–Trinajstić information content (AvgIpc) is 3.28. The van der Waals surface area contributed by atoms with E-state index in [1.165, 1.54) is 0 Å². The summed E-state index contributed by atoms with van der Waals surface area (Å²) < 4.78 is 13.5. The lowest BCUT2D eigenvalue weighted by atomic mass is 10.0. The number of carbonyl (C=O) groups excluding carboxylic acids is 1. The summed E-state index contributed by atoms with van der Waals surface area (Å²) in [4.78, 5) is 14.5. The van der Waals surface area contributed by atoms with Gasteiger partial charge in [0.05, 0.1) is 18.3 Å². The van der Waals surface area contributed by atoms with Gasteiger partial charge in [0.1, 0.15) is 18.0 Å². The van der Waals surface area contributed by atoms with Crippen LogP contribution in [-0.4, -0.2) is 53.0 Å². The molecule has 3 rings (SSSR count). The normalized spacial score (nSPS) is 20.0. The van der Waals surface area contributed by atoms with E-state index in [1.54, 1.807) is 24.2 Å². The van der Waals surface area contributed by atoms with Crippen LogP contribution in [0, 0.1) is 6.92 Å². The van der Waals surface area contributed by atoms with Crippen molar-refractivity contribution < 1.29 is 14.3 Å². The maximum atomic E-state index is 12.7. The van der Waals surface area contributed by atoms with Gasteiger partial charge in [0.2, 0.25) is 0 Å². The maximum Gasteiger partial charge on any atom is 0.257 e. The van der Waals surface area contributed by atoms with Crippen LogP contribution >= 0.6 is 0 Å². The molecular formula is C19H25N3O3. The van der Waals surface area contributed by atoms with Gasteiger partial charge in [-0.3, -0.25) is 9.48 Å². The molecule has 1 fully saturated rings. The molecule has 6 nitrogen and oxygen atoms in total. The number of hydrogen-bond acceptors (Lipinski definition) is 4. The smallest absolute Gasteiger partial charge is 0.257 e. The first-order valence-electron chi connectivity index (χ1n) is 8.62. The van der Waals surface area contributed by atoms with Crippen LogP contribution in [0.1, 0.15) is 29.3 Å². The molecule has 1 atom stereocenters. The molecule has 1 aliphatic rings. The number of nitrogens with zero attached hydrogens (tertiary/aromatic N) is 3. The zero-order chi connectivity index (χ0) is 17.9. The van der Waals surface area contributed by atoms with Gasteiger partial charge in [-0.1, -0.05) is 18.2 Å². The first-order valence-corrected chi connectivity index (χ1v) is 8.62. The fourth-order valence-corrected chi connectivity index (χ4v) is 3.12. The Kier molecular flexibility index (Phi) is 5.08. The number of para-hydroxylation sites is 1. The number of hydrogen-bond donors (Lipinski definition) is 0. The Bertz CT molecular complexity index is 743. The molecule has 6 heteroatoms. The second-order valence-electron chi connectivity index (χ2n) is 6.50. The second kappa shape index (κ2) is 7.27. The minimum atomic E-state index is -0.474. The van der Waals surface area contributed by atoms with E-state index in [9.17, 15) is 4.79 Å². The highest BCUT2D eigenvalue weighted by atomic mass is 16.5. The predicted molar refractivity (Wildman–Crippen MR) is 94.8 cm³/mol. The minimum Gasteiger partial charge on any atom is -0.490 e. The van der Waals surface area contributed by atoms with Crippen molar-refractivity contribution in [2.75, 3.05) is 26.8 Å². The summed E-state index contributed by atoms with van der Waals surface area (Å²) in [6.07, 6.45) is 4.17. The summed E-state index contributed by atoms with van der Waals surface area (Å²) in [5, 5.41) is 4.18. The molecule has 2 aromatic rings. The van der Waals surface area contributed by atoms with Crippen molar-refractivity contribution >= 4 is 5.91 Å². The molecule has 0 saturated carbocycles. The molecule has 0 aliphatic carbocycles. The fourth-order valence-electron chi connectivity index (χ4n) is 3.12. The molecule has 134 valence electrons. The lowest BCUT2D eigenvalue weighted by molar-refractivity contribution is -0.0344. The van der Waals surface area contributed by atoms with Gasteiger partial charge in [-0.15, -0.1) is 0 Å². The Morgan fingerprint density at radius 2 is 2.16 bits per heavy atom. The van der Waals surface area contributed by atoms with Gasteiger partial charge in [-0.05, 0) is 31.9 Å². The summed E-state index contributed by atoms with van der Waals surface area (Å²) in [6, 6.07) is 7.92. The average molecular weight is 343 g/mol. The maximum absolute atomic E-state index is 12.7. The highest BCUT2D eigenvalue weighted by molar-refractivity contribution is 5.94. The number of aryl methyl sites for hydroxylation is 2. The quantitative estimate of drug-likeness (QED) is 0.809. The Hall–Kier alpha value is -2.34. The number of ether oxygens (including phenoxy) is 2. The van der Waals surface area contributed by atoms with Crippen LogP contribution in [0.4, 0.5) is 0 Å². The molecule has 1 aromatic carbocycles. The number of rotatable bonds is 6. The summed E-state index contributed by atoms with van der Waals surface area (Å²) in [7, 11) is 1.68. The van der Waals surface area contributed by atoms with Crippen molar-refractivity contribution in [2.24, 2.45) is 0 Å². The molecule has 0 bridgehead atoms. The van der Waals surface area contributed by atoms with E-state index in [1.807, 2.05) is 43.0 Å². The Morgan fingerprint density at radius 3 is 2.84 bits per heavy atom. The van der Waals surface area contributed by atoms with Crippen LogP contribution in [-0.2, 0) is 11.3 Å². The number of aromatic nitrogens is 2. The van der Waals surface area contributed by atoms with E-state index >= 15 is 0 Å². The SMILES string of the molecule is CCn1cc(C(=O)N2CC[C@](COc3ccccc3C)(OC)C2)cn1. The van der Waals surface area contributed by atoms with Gasteiger partial charge < -0.3 is 14.4 Å². The van der Waals surface area contributed by atoms with E-state index in [4.69, 9.17) is 9.47 Å². The number of carbonyl (C=O) groups is 1.